The number of likely N-dealkylation sites (tertiary alicyclic amines) is 2. The smallest absolute Gasteiger partial charge is 0.386 e. The van der Waals surface area contributed by atoms with Crippen LogP contribution in [0.3, 0.4) is 0 Å². The van der Waals surface area contributed by atoms with Crippen LogP contribution in [0, 0.1) is 5.92 Å². The fraction of sp³-hybridized carbons (Fsp3) is 0.794. The van der Waals surface area contributed by atoms with Gasteiger partial charge in [-0.1, -0.05) is 158 Å². The molecule has 1 aliphatic carbocycles. The van der Waals surface area contributed by atoms with Crippen molar-refractivity contribution in [3.63, 3.8) is 0 Å². The molecule has 1 aromatic carbocycles. The first kappa shape index (κ1) is 89.6. The van der Waals surface area contributed by atoms with E-state index in [0.717, 1.165) is 110 Å². The summed E-state index contributed by atoms with van der Waals surface area (Å²) in [5, 5.41) is 18.9. The molecule has 0 radical (unpaired) electrons. The summed E-state index contributed by atoms with van der Waals surface area (Å²) in [4.78, 5) is 35.2. The Morgan fingerprint density at radius 1 is 0.707 bits per heavy atom. The predicted molar refractivity (Wildman–Crippen MR) is 346 cm³/mol. The zero-order valence-corrected chi connectivity index (χ0v) is 55.6. The Morgan fingerprint density at radius 2 is 1.18 bits per heavy atom. The molecular formula is C63H129F5N12O2. The number of hydrogen-bond acceptors (Lipinski definition) is 12. The number of anilines is 1. The van der Waals surface area contributed by atoms with Crippen molar-refractivity contribution >= 4 is 17.5 Å². The largest absolute Gasteiger partial charge is 0.387 e. The Kier molecular flexibility index (Phi) is 74.6. The normalized spacial score (nSPS) is 15.8. The number of aromatic nitrogens is 1. The summed E-state index contributed by atoms with van der Waals surface area (Å²) in [5.41, 5.74) is 7.69. The highest BCUT2D eigenvalue weighted by molar-refractivity contribution is 5.78. The number of nitrogens with two attached hydrogens (primary N) is 1. The molecule has 82 heavy (non-hydrogen) atoms. The molecule has 4 saturated heterocycles. The van der Waals surface area contributed by atoms with Gasteiger partial charge in [0.1, 0.15) is 0 Å². The number of aryl methyl sites for hydroxylation is 1. The van der Waals surface area contributed by atoms with E-state index in [9.17, 15) is 31.5 Å². The van der Waals surface area contributed by atoms with Crippen molar-refractivity contribution in [2.45, 2.75) is 192 Å². The van der Waals surface area contributed by atoms with Crippen LogP contribution in [-0.4, -0.2) is 194 Å². The number of amides is 2. The van der Waals surface area contributed by atoms with E-state index >= 15 is 0 Å². The van der Waals surface area contributed by atoms with Crippen molar-refractivity contribution in [2.24, 2.45) is 11.7 Å². The molecule has 2 aromatic rings. The minimum Gasteiger partial charge on any atom is -0.387 e. The van der Waals surface area contributed by atoms with Crippen LogP contribution in [0.25, 0.3) is 0 Å². The summed E-state index contributed by atoms with van der Waals surface area (Å²) in [7, 11) is 9.88. The Bertz CT molecular complexity index is 1470. The van der Waals surface area contributed by atoms with Crippen LogP contribution in [0.2, 0.25) is 0 Å². The molecule has 1 atom stereocenters. The number of nitrogens with zero attached hydrogens (tertiary/aromatic N) is 5. The van der Waals surface area contributed by atoms with Gasteiger partial charge in [-0.15, -0.1) is 0 Å². The van der Waals surface area contributed by atoms with Crippen LogP contribution >= 0.6 is 0 Å². The number of carbonyl (C=O) groups is 2. The number of hydrogen-bond donors (Lipinski definition) is 7. The summed E-state index contributed by atoms with van der Waals surface area (Å²) < 4.78 is 51.7. The summed E-state index contributed by atoms with van der Waals surface area (Å²) in [6.45, 7) is 39.0. The van der Waals surface area contributed by atoms with Crippen molar-refractivity contribution in [3.8, 4) is 0 Å². The molecule has 14 nitrogen and oxygen atoms in total. The number of pyridine rings is 1. The third-order valence-electron chi connectivity index (χ3n) is 11.9. The van der Waals surface area contributed by atoms with Crippen LogP contribution in [0.1, 0.15) is 166 Å². The van der Waals surface area contributed by atoms with Gasteiger partial charge in [-0.05, 0) is 84.5 Å². The second-order valence-corrected chi connectivity index (χ2v) is 19.5. The van der Waals surface area contributed by atoms with E-state index in [0.29, 0.717) is 24.4 Å². The van der Waals surface area contributed by atoms with Gasteiger partial charge in [-0.3, -0.25) is 14.6 Å². The van der Waals surface area contributed by atoms with Crippen LogP contribution in [0.4, 0.5) is 27.6 Å². The SMILES string of the molecule is CC.CC.CC(F)(F)F.CC(F)F.CCC.CCC1CC1.CCCCC.CCCCNC.CCc1ccccc1.CN1CCNCC1.CNC1CCN(C(=O)CN)C1.CNC1CN(C(=O)CCN2CCNCC2)C1.CNc1cccnc1. The van der Waals surface area contributed by atoms with E-state index in [4.69, 9.17) is 5.73 Å². The molecule has 8 N–H and O–H groups in total. The van der Waals surface area contributed by atoms with E-state index in [1.54, 1.807) is 17.3 Å². The Balaban J connectivity index is -0.000000199. The quantitative estimate of drug-likeness (QED) is 0.0711. The maximum absolute atomic E-state index is 11.8. The lowest BCUT2D eigenvalue weighted by molar-refractivity contribution is -0.136. The predicted octanol–water partition coefficient (Wildman–Crippen LogP) is 11.7. The van der Waals surface area contributed by atoms with Crippen LogP contribution in [-0.2, 0) is 16.0 Å². The zero-order chi connectivity index (χ0) is 63.8. The molecule has 0 spiro atoms. The van der Waals surface area contributed by atoms with Crippen molar-refractivity contribution < 1.29 is 31.5 Å². The number of halogens is 5. The van der Waals surface area contributed by atoms with Gasteiger partial charge in [-0.25, -0.2) is 8.78 Å². The number of rotatable bonds is 14. The molecular weight excluding hydrogens is 1050 g/mol. The molecule has 488 valence electrons. The second kappa shape index (κ2) is 68.2. The molecule has 2 amide bonds. The fourth-order valence-corrected chi connectivity index (χ4v) is 6.80. The third-order valence-corrected chi connectivity index (χ3v) is 11.9. The molecule has 5 heterocycles. The monoisotopic (exact) mass is 1180 g/mol. The maximum Gasteiger partial charge on any atom is 0.386 e. The number of alkyl halides is 5. The molecule has 5 fully saturated rings. The number of unbranched alkanes of at least 4 members (excludes halogenated alkanes) is 3. The zero-order valence-electron chi connectivity index (χ0n) is 55.6. The lowest BCUT2D eigenvalue weighted by Crippen LogP contribution is -2.59. The molecule has 5 aliphatic rings. The molecule has 19 heteroatoms. The van der Waals surface area contributed by atoms with Crippen LogP contribution in [0.15, 0.2) is 54.9 Å². The van der Waals surface area contributed by atoms with Gasteiger partial charge in [0.2, 0.25) is 18.2 Å². The first-order valence-electron chi connectivity index (χ1n) is 31.3. The van der Waals surface area contributed by atoms with Gasteiger partial charge in [0, 0.05) is 130 Å². The molecule has 4 aliphatic heterocycles. The number of carbonyl (C=O) groups excluding carboxylic acids is 2. The van der Waals surface area contributed by atoms with Crippen LogP contribution < -0.4 is 37.6 Å². The molecule has 7 rings (SSSR count). The number of piperazine rings is 2. The first-order valence-corrected chi connectivity index (χ1v) is 31.3. The third kappa shape index (κ3) is 70.7. The fourth-order valence-electron chi connectivity index (χ4n) is 6.80. The average molecular weight is 1180 g/mol. The van der Waals surface area contributed by atoms with Gasteiger partial charge in [0.05, 0.1) is 12.2 Å². The van der Waals surface area contributed by atoms with Gasteiger partial charge in [-0.2, -0.15) is 13.2 Å². The number of benzene rings is 1. The highest BCUT2D eigenvalue weighted by Crippen LogP contribution is 2.31. The van der Waals surface area contributed by atoms with E-state index in [1.165, 1.54) is 76.4 Å². The Labute approximate surface area is 501 Å². The van der Waals surface area contributed by atoms with Gasteiger partial charge < -0.3 is 57.2 Å². The summed E-state index contributed by atoms with van der Waals surface area (Å²) >= 11 is 0. The topological polar surface area (TPSA) is 158 Å². The van der Waals surface area contributed by atoms with Gasteiger partial charge in [0.25, 0.3) is 0 Å². The standard InChI is InChI=1S/C11H22N4O.C8H10.C7H15N3O.C6H8N2.C5H12N2.C5H13N.C5H10.C5H12.C3H8.C2H3F3.C2H4F2.2C2H6/c1-12-10-8-15(9-10)11(16)2-5-14-6-3-13-4-7-14;1-2-8-6-4-3-5-7-8;1-9-6-2-3-10(5-6)7(11)4-8;1-7-6-3-2-4-8-5-6;1-7-4-2-6-3-5-7;1-3-4-5-6-2;1-2-5-3-4-5;1-3-5-4-2;1-3-2;1-2(3,4)5;1-2(3)4;2*1-2/h10,12-13H,2-9H2,1H3;3-7H,2H2,1H3;6,9H,2-5,8H2,1H3;2-5,7H,1H3;6H,2-5H2,1H3;6H,3-5H2,1-2H3;5H,2-4H2,1H3;3-5H2,1-2H3;3H2,1-2H3;1H3;2H,1H3;2*1-2H3. The summed E-state index contributed by atoms with van der Waals surface area (Å²) in [5.74, 6) is 1.50. The molecule has 1 saturated carbocycles. The minimum atomic E-state index is -4.00. The van der Waals surface area contributed by atoms with Crippen molar-refractivity contribution in [3.05, 3.63) is 60.4 Å². The maximum atomic E-state index is 11.8. The lowest BCUT2D eigenvalue weighted by atomic mass is 10.1. The van der Waals surface area contributed by atoms with E-state index in [1.807, 2.05) is 79.0 Å². The highest BCUT2D eigenvalue weighted by Gasteiger charge is 2.29. The van der Waals surface area contributed by atoms with Crippen molar-refractivity contribution in [1.82, 2.24) is 51.2 Å². The first-order chi connectivity index (χ1) is 39.2. The Morgan fingerprint density at radius 3 is 1.46 bits per heavy atom. The number of likely N-dealkylation sites (N-methyl/N-ethyl adjacent to an activating group) is 3. The highest BCUT2D eigenvalue weighted by atomic mass is 19.4. The van der Waals surface area contributed by atoms with E-state index in [-0.39, 0.29) is 19.4 Å². The molecule has 0 bridgehead atoms. The van der Waals surface area contributed by atoms with Gasteiger partial charge in [0.15, 0.2) is 0 Å². The second-order valence-electron chi connectivity index (χ2n) is 19.5. The van der Waals surface area contributed by atoms with E-state index in [2.05, 4.69) is 126 Å². The minimum absolute atomic E-state index is 0.0581. The van der Waals surface area contributed by atoms with Crippen molar-refractivity contribution in [2.75, 3.05) is 139 Å². The molecule has 1 unspecified atom stereocenters. The van der Waals surface area contributed by atoms with E-state index < -0.39 is 12.6 Å². The Hall–Kier alpha value is -3.56. The summed E-state index contributed by atoms with van der Waals surface area (Å²) in [6.07, 6.45) is 12.6. The number of nitrogens with one attached hydrogen (secondary N) is 6. The summed E-state index contributed by atoms with van der Waals surface area (Å²) in [6, 6.07) is 15.3. The lowest BCUT2D eigenvalue weighted by Gasteiger charge is -2.39. The van der Waals surface area contributed by atoms with Gasteiger partial charge >= 0.3 is 6.18 Å². The van der Waals surface area contributed by atoms with Crippen LogP contribution in [0.5, 0.6) is 0 Å². The van der Waals surface area contributed by atoms with Crippen molar-refractivity contribution in [1.29, 1.82) is 0 Å². The molecule has 1 aromatic heterocycles. The average Bonchev–Trinajstić information content (AvgIpc) is 4.22.